The van der Waals surface area contributed by atoms with Crippen molar-refractivity contribution < 1.29 is 26.3 Å². The summed E-state index contributed by atoms with van der Waals surface area (Å²) in [6, 6.07) is 30.8. The van der Waals surface area contributed by atoms with Crippen LogP contribution in [-0.2, 0) is 12.4 Å². The van der Waals surface area contributed by atoms with Gasteiger partial charge in [-0.2, -0.15) is 31.6 Å². The van der Waals surface area contributed by atoms with E-state index in [9.17, 15) is 31.6 Å². The maximum Gasteiger partial charge on any atom is 0.416 e. The number of para-hydroxylation sites is 2. The second-order valence-corrected chi connectivity index (χ2v) is 12.3. The number of rotatable bonds is 3. The molecule has 0 aliphatic rings. The third-order valence-corrected chi connectivity index (χ3v) is 9.11. The van der Waals surface area contributed by atoms with Crippen LogP contribution in [0.1, 0.15) is 28.1 Å². The van der Waals surface area contributed by atoms with Crippen LogP contribution >= 0.6 is 0 Å². The van der Waals surface area contributed by atoms with Gasteiger partial charge in [-0.1, -0.05) is 48.5 Å². The number of pyridine rings is 1. The van der Waals surface area contributed by atoms with E-state index in [1.807, 2.05) is 26.0 Å². The highest BCUT2D eigenvalue weighted by atomic mass is 19.4. The van der Waals surface area contributed by atoms with Gasteiger partial charge in [0.15, 0.2) is 0 Å². The molecule has 5 aromatic carbocycles. The Morgan fingerprint density at radius 2 is 0.920 bits per heavy atom. The van der Waals surface area contributed by atoms with Crippen LogP contribution in [0.2, 0.25) is 0 Å². The molecule has 50 heavy (non-hydrogen) atoms. The van der Waals surface area contributed by atoms with Crippen LogP contribution in [0, 0.1) is 25.2 Å². The average Bonchev–Trinajstić information content (AvgIpc) is 3.58. The Hall–Kier alpha value is -6.08. The first-order chi connectivity index (χ1) is 23.8. The molecule has 8 aromatic rings. The number of aromatic nitrogens is 3. The summed E-state index contributed by atoms with van der Waals surface area (Å²) in [5.41, 5.74) is 3.22. The van der Waals surface area contributed by atoms with Crippen molar-refractivity contribution in [2.45, 2.75) is 26.2 Å². The number of nitriles is 1. The molecule has 0 N–H and O–H groups in total. The van der Waals surface area contributed by atoms with E-state index in [0.717, 1.165) is 29.8 Å². The Morgan fingerprint density at radius 3 is 1.34 bits per heavy atom. The minimum atomic E-state index is -4.63. The van der Waals surface area contributed by atoms with E-state index in [1.165, 1.54) is 12.1 Å². The molecule has 0 saturated heterocycles. The summed E-state index contributed by atoms with van der Waals surface area (Å²) in [6.07, 6.45) is -9.27. The van der Waals surface area contributed by atoms with Crippen LogP contribution in [0.5, 0.6) is 0 Å². The van der Waals surface area contributed by atoms with E-state index >= 15 is 0 Å². The number of benzene rings is 5. The fourth-order valence-electron chi connectivity index (χ4n) is 7.06. The van der Waals surface area contributed by atoms with Gasteiger partial charge < -0.3 is 9.13 Å². The van der Waals surface area contributed by atoms with Gasteiger partial charge in [-0.15, -0.1) is 0 Å². The highest BCUT2D eigenvalue weighted by molar-refractivity contribution is 6.11. The van der Waals surface area contributed by atoms with Gasteiger partial charge in [0.05, 0.1) is 44.6 Å². The van der Waals surface area contributed by atoms with Gasteiger partial charge in [0.2, 0.25) is 0 Å². The van der Waals surface area contributed by atoms with Crippen molar-refractivity contribution in [3.63, 3.8) is 0 Å². The van der Waals surface area contributed by atoms with Gasteiger partial charge in [-0.05, 0) is 85.6 Å². The van der Waals surface area contributed by atoms with E-state index in [1.54, 1.807) is 69.8 Å². The lowest BCUT2D eigenvalue weighted by atomic mass is 9.99. The van der Waals surface area contributed by atoms with Gasteiger partial charge in [0.25, 0.3) is 0 Å². The van der Waals surface area contributed by atoms with Gasteiger partial charge in [0, 0.05) is 32.9 Å². The maximum absolute atomic E-state index is 14.1. The molecule has 0 unspecified atom stereocenters. The molecule has 10 heteroatoms. The minimum Gasteiger partial charge on any atom is -0.308 e. The van der Waals surface area contributed by atoms with Gasteiger partial charge in [-0.3, -0.25) is 4.98 Å². The van der Waals surface area contributed by atoms with Gasteiger partial charge in [0.1, 0.15) is 11.6 Å². The van der Waals surface area contributed by atoms with E-state index in [4.69, 9.17) is 0 Å². The highest BCUT2D eigenvalue weighted by Gasteiger charge is 2.33. The Labute approximate surface area is 281 Å². The first-order valence-corrected chi connectivity index (χ1v) is 15.6. The Bertz CT molecular complexity index is 2550. The lowest BCUT2D eigenvalue weighted by molar-refractivity contribution is -0.138. The van der Waals surface area contributed by atoms with E-state index in [0.29, 0.717) is 49.5 Å². The predicted molar refractivity (Wildman–Crippen MR) is 183 cm³/mol. The number of alkyl halides is 6. The van der Waals surface area contributed by atoms with Crippen LogP contribution in [0.3, 0.4) is 0 Å². The smallest absolute Gasteiger partial charge is 0.308 e. The van der Waals surface area contributed by atoms with Crippen LogP contribution in [0.25, 0.3) is 66.1 Å². The molecule has 0 amide bonds. The summed E-state index contributed by atoms with van der Waals surface area (Å²) in [4.78, 5) is 4.49. The second kappa shape index (κ2) is 11.0. The first-order valence-electron chi connectivity index (χ1n) is 15.6. The molecule has 4 nitrogen and oxygen atoms in total. The van der Waals surface area contributed by atoms with Crippen molar-refractivity contribution in [3.05, 3.63) is 137 Å². The SMILES string of the molecule is Cc1cc(-c2cc(-n3c4ccccc4c4ccc(C(F)(F)F)cc43)c(C#N)c(-n3c4ccccc4c4ccc(C(F)(F)F)cc43)c2)cc(C)n1. The fourth-order valence-corrected chi connectivity index (χ4v) is 7.06. The molecule has 0 aliphatic heterocycles. The van der Waals surface area contributed by atoms with E-state index in [-0.39, 0.29) is 28.0 Å². The first kappa shape index (κ1) is 31.2. The molecule has 0 atom stereocenters. The molecular weight excluding hydrogens is 650 g/mol. The maximum atomic E-state index is 14.1. The van der Waals surface area contributed by atoms with Crippen molar-refractivity contribution >= 4 is 43.6 Å². The monoisotopic (exact) mass is 674 g/mol. The summed E-state index contributed by atoms with van der Waals surface area (Å²) in [6.45, 7) is 3.67. The third kappa shape index (κ3) is 4.88. The second-order valence-electron chi connectivity index (χ2n) is 12.3. The van der Waals surface area contributed by atoms with Crippen molar-refractivity contribution in [1.82, 2.24) is 14.1 Å². The molecule has 0 fully saturated rings. The largest absolute Gasteiger partial charge is 0.416 e. The highest BCUT2D eigenvalue weighted by Crippen LogP contribution is 2.42. The molecule has 0 spiro atoms. The Kier molecular flexibility index (Phi) is 6.85. The van der Waals surface area contributed by atoms with Crippen molar-refractivity contribution in [1.29, 1.82) is 5.26 Å². The zero-order chi connectivity index (χ0) is 35.1. The molecule has 0 bridgehead atoms. The zero-order valence-electron chi connectivity index (χ0n) is 26.4. The quantitative estimate of drug-likeness (QED) is 0.175. The average molecular weight is 675 g/mol. The minimum absolute atomic E-state index is 0.0661. The van der Waals surface area contributed by atoms with Crippen molar-refractivity contribution in [3.8, 4) is 28.6 Å². The van der Waals surface area contributed by atoms with Crippen LogP contribution in [-0.4, -0.2) is 14.1 Å². The standard InChI is InChI=1S/C40H24F6N4/c1-22-15-24(16-23(2)48-22)25-17-35(49-33-9-5-3-7-28(33)30-13-11-26(19-37(30)49)39(41,42)43)32(21-47)36(18-25)50-34-10-6-4-8-29(34)31-14-12-27(20-38(31)50)40(44,45)46/h3-20H,1-2H3. The van der Waals surface area contributed by atoms with E-state index in [2.05, 4.69) is 11.1 Å². The number of halogens is 6. The summed E-state index contributed by atoms with van der Waals surface area (Å²) in [7, 11) is 0. The number of hydrogen-bond donors (Lipinski definition) is 0. The zero-order valence-corrected chi connectivity index (χ0v) is 26.4. The molecule has 246 valence electrons. The number of aryl methyl sites for hydroxylation is 2. The Morgan fingerprint density at radius 1 is 0.520 bits per heavy atom. The normalized spacial score (nSPS) is 12.4. The Balaban J connectivity index is 1.57. The summed E-state index contributed by atoms with van der Waals surface area (Å²) in [5.74, 6) is 0. The van der Waals surface area contributed by atoms with Crippen LogP contribution < -0.4 is 0 Å². The molecule has 0 saturated carbocycles. The van der Waals surface area contributed by atoms with Crippen LogP contribution in [0.4, 0.5) is 26.3 Å². The molecule has 3 heterocycles. The van der Waals surface area contributed by atoms with Gasteiger partial charge >= 0.3 is 12.4 Å². The van der Waals surface area contributed by atoms with Gasteiger partial charge in [-0.25, -0.2) is 0 Å². The summed E-state index contributed by atoms with van der Waals surface area (Å²) < 4.78 is 88.0. The third-order valence-electron chi connectivity index (χ3n) is 9.11. The molecule has 8 rings (SSSR count). The number of nitrogens with zero attached hydrogens (tertiary/aromatic N) is 4. The summed E-state index contributed by atoms with van der Waals surface area (Å²) in [5, 5.41) is 13.4. The lowest BCUT2D eigenvalue weighted by Gasteiger charge is -2.19. The molecule has 0 radical (unpaired) electrons. The molecular formula is C40H24F6N4. The molecule has 0 aliphatic carbocycles. The summed E-state index contributed by atoms with van der Waals surface area (Å²) >= 11 is 0. The van der Waals surface area contributed by atoms with Crippen molar-refractivity contribution in [2.24, 2.45) is 0 Å². The lowest BCUT2D eigenvalue weighted by Crippen LogP contribution is -2.08. The predicted octanol–water partition coefficient (Wildman–Crippen LogP) is 11.5. The van der Waals surface area contributed by atoms with E-state index < -0.39 is 23.5 Å². The molecule has 3 aromatic heterocycles. The van der Waals surface area contributed by atoms with Crippen LogP contribution in [0.15, 0.2) is 109 Å². The van der Waals surface area contributed by atoms with Crippen molar-refractivity contribution in [2.75, 3.05) is 0 Å². The topological polar surface area (TPSA) is 46.5 Å². The number of hydrogen-bond acceptors (Lipinski definition) is 2. The number of fused-ring (bicyclic) bond motifs is 6. The fraction of sp³-hybridized carbons (Fsp3) is 0.100.